The van der Waals surface area contributed by atoms with Gasteiger partial charge in [-0.2, -0.15) is 0 Å². The number of phosphoric ester groups is 1. The molecule has 2 N–H and O–H groups in total. The Morgan fingerprint density at radius 2 is 0.762 bits per heavy atom. The predicted molar refractivity (Wildman–Crippen MR) is 346 cm³/mol. The molecular weight excluding hydrogens is 1010 g/mol. The molecule has 0 aliphatic carbocycles. The van der Waals surface area contributed by atoms with Crippen LogP contribution in [-0.4, -0.2) is 74.3 Å². The summed E-state index contributed by atoms with van der Waals surface area (Å²) in [5.41, 5.74) is 0. The molecule has 1 amide bonds. The van der Waals surface area contributed by atoms with Crippen LogP contribution in [0.3, 0.4) is 0 Å². The van der Waals surface area contributed by atoms with Crippen molar-refractivity contribution in [3.63, 3.8) is 0 Å². The summed E-state index contributed by atoms with van der Waals surface area (Å²) in [5.74, 6) is -0.511. The van der Waals surface area contributed by atoms with Gasteiger partial charge in [0.15, 0.2) is 0 Å². The van der Waals surface area contributed by atoms with E-state index in [1.165, 1.54) is 173 Å². The lowest BCUT2D eigenvalue weighted by Crippen LogP contribution is -2.47. The van der Waals surface area contributed by atoms with Crippen LogP contribution in [0.2, 0.25) is 0 Å². The molecule has 0 fully saturated rings. The summed E-state index contributed by atoms with van der Waals surface area (Å²) < 4.78 is 30.8. The van der Waals surface area contributed by atoms with E-state index in [4.69, 9.17) is 13.8 Å². The maximum atomic E-state index is 13.6. The molecular formula is C70H130N2O7P+. The highest BCUT2D eigenvalue weighted by atomic mass is 31.2. The van der Waals surface area contributed by atoms with E-state index < -0.39 is 20.0 Å². The number of phosphoric acid groups is 1. The van der Waals surface area contributed by atoms with Crippen molar-refractivity contribution in [2.75, 3.05) is 40.9 Å². The number of rotatable bonds is 61. The van der Waals surface area contributed by atoms with E-state index in [0.29, 0.717) is 17.4 Å². The number of amides is 1. The number of hydrogen-bond acceptors (Lipinski definition) is 6. The first kappa shape index (κ1) is 77.5. The van der Waals surface area contributed by atoms with Crippen LogP contribution < -0.4 is 5.32 Å². The van der Waals surface area contributed by atoms with Crippen LogP contribution in [0.25, 0.3) is 0 Å². The van der Waals surface area contributed by atoms with Gasteiger partial charge in [0.2, 0.25) is 5.91 Å². The van der Waals surface area contributed by atoms with Gasteiger partial charge in [-0.15, -0.1) is 0 Å². The normalized spacial score (nSPS) is 14.0. The zero-order valence-electron chi connectivity index (χ0n) is 53.3. The minimum atomic E-state index is -4.46. The zero-order chi connectivity index (χ0) is 58.6. The molecule has 0 aliphatic rings. The average molecular weight is 1140 g/mol. The Bertz CT molecular complexity index is 1600. The van der Waals surface area contributed by atoms with Crippen LogP contribution >= 0.6 is 7.82 Å². The lowest BCUT2D eigenvalue weighted by molar-refractivity contribution is -0.870. The van der Waals surface area contributed by atoms with Crippen LogP contribution in [0.15, 0.2) is 72.9 Å². The van der Waals surface area contributed by atoms with Crippen LogP contribution in [0.5, 0.6) is 0 Å². The number of carbonyl (C=O) groups is 2. The fourth-order valence-corrected chi connectivity index (χ4v) is 10.4. The monoisotopic (exact) mass is 1140 g/mol. The molecule has 0 heterocycles. The third-order valence-electron chi connectivity index (χ3n) is 14.9. The number of carbonyl (C=O) groups excluding carboxylic acids is 2. The van der Waals surface area contributed by atoms with Crippen molar-refractivity contribution in [3.05, 3.63) is 72.9 Å². The third-order valence-corrected chi connectivity index (χ3v) is 15.9. The van der Waals surface area contributed by atoms with Crippen molar-refractivity contribution in [2.45, 2.75) is 322 Å². The van der Waals surface area contributed by atoms with Crippen molar-refractivity contribution in [2.24, 2.45) is 0 Å². The summed E-state index contributed by atoms with van der Waals surface area (Å²) in [6, 6.07) is -0.855. The highest BCUT2D eigenvalue weighted by Crippen LogP contribution is 2.43. The van der Waals surface area contributed by atoms with Gasteiger partial charge in [0.1, 0.15) is 19.3 Å². The van der Waals surface area contributed by atoms with Crippen LogP contribution in [0, 0.1) is 0 Å². The second-order valence-corrected chi connectivity index (χ2v) is 25.4. The van der Waals surface area contributed by atoms with Gasteiger partial charge in [0.25, 0.3) is 0 Å². The number of nitrogens with zero attached hydrogens (tertiary/aromatic N) is 1. The quantitative estimate of drug-likeness (QED) is 0.0205. The van der Waals surface area contributed by atoms with Gasteiger partial charge >= 0.3 is 13.8 Å². The van der Waals surface area contributed by atoms with Crippen molar-refractivity contribution in [1.29, 1.82) is 0 Å². The summed E-state index contributed by atoms with van der Waals surface area (Å²) in [6.45, 7) is 6.99. The molecule has 466 valence electrons. The number of esters is 1. The Hall–Kier alpha value is -2.55. The number of quaternary nitrogens is 1. The lowest BCUT2D eigenvalue weighted by Gasteiger charge is -2.27. The molecule has 0 spiro atoms. The number of likely N-dealkylation sites (N-methyl/N-ethyl adjacent to an activating group) is 1. The third kappa shape index (κ3) is 60.1. The smallest absolute Gasteiger partial charge is 0.456 e. The van der Waals surface area contributed by atoms with E-state index in [0.717, 1.165) is 103 Å². The van der Waals surface area contributed by atoms with Crippen molar-refractivity contribution >= 4 is 19.7 Å². The van der Waals surface area contributed by atoms with E-state index in [1.54, 1.807) is 0 Å². The molecule has 0 aromatic carbocycles. The number of hydrogen-bond donors (Lipinski definition) is 2. The maximum Gasteiger partial charge on any atom is 0.472 e. The Balaban J connectivity index is 5.14. The summed E-state index contributed by atoms with van der Waals surface area (Å²) in [5, 5.41) is 3.06. The average Bonchev–Trinajstić information content (AvgIpc) is 3.42. The number of allylic oxidation sites excluding steroid dienone is 11. The molecule has 0 bridgehead atoms. The predicted octanol–water partition coefficient (Wildman–Crippen LogP) is 21.2. The van der Waals surface area contributed by atoms with E-state index >= 15 is 0 Å². The van der Waals surface area contributed by atoms with Gasteiger partial charge in [-0.1, -0.05) is 267 Å². The summed E-state index contributed by atoms with van der Waals surface area (Å²) in [6.07, 6.45) is 77.6. The molecule has 0 rings (SSSR count). The topological polar surface area (TPSA) is 111 Å². The Labute approximate surface area is 495 Å². The number of unbranched alkanes of at least 4 members (excludes halogenated alkanes) is 35. The number of ether oxygens (including phenoxy) is 1. The largest absolute Gasteiger partial charge is 0.472 e. The van der Waals surface area contributed by atoms with Gasteiger partial charge in [0.05, 0.1) is 33.8 Å². The van der Waals surface area contributed by atoms with E-state index in [1.807, 2.05) is 33.3 Å². The first-order chi connectivity index (χ1) is 38.9. The Morgan fingerprint density at radius 1 is 0.438 bits per heavy atom. The molecule has 0 aromatic rings. The standard InChI is InChI=1S/C70H129N2O7P/c1-7-10-13-16-19-22-25-28-30-32-33-34-35-36-37-38-39-41-43-45-48-51-54-57-60-63-70(74)79-68(61-58-55-52-49-46-27-24-21-18-15-12-9-3)67(66-78-80(75,76)77-65-64-72(4,5)6)71-69(73)62-59-56-53-50-47-44-42-40-31-29-26-23-20-17-14-11-8-2/h19,22,28-31,33-34,36-37,58,61,67-68H,7-18,20-21,23-27,32,35,38-57,59-60,62-66H2,1-6H3,(H-,71,73,75,76)/p+1/b22-19-,30-28-,31-29+,34-33-,37-36-,61-58-. The zero-order valence-corrected chi connectivity index (χ0v) is 54.2. The SMILES string of the molecule is CCCCC/C=C\C/C=C\C/C=C\C/C=C\CCCCCCCCCCCC(=O)OC(/C=C\CCCCCCCCCCCC)C(COP(=O)(O)OCC[N+](C)(C)C)NC(=O)CCCCCCCCC/C=C/CCCCCCCC. The Morgan fingerprint density at radius 3 is 1.18 bits per heavy atom. The van der Waals surface area contributed by atoms with E-state index in [9.17, 15) is 19.0 Å². The Kier molecular flexibility index (Phi) is 57.7. The molecule has 0 radical (unpaired) electrons. The highest BCUT2D eigenvalue weighted by molar-refractivity contribution is 7.47. The molecule has 3 unspecified atom stereocenters. The minimum absolute atomic E-state index is 0.0369. The van der Waals surface area contributed by atoms with Gasteiger partial charge in [0, 0.05) is 12.8 Å². The summed E-state index contributed by atoms with van der Waals surface area (Å²) in [7, 11) is 1.49. The van der Waals surface area contributed by atoms with Gasteiger partial charge < -0.3 is 19.4 Å². The first-order valence-corrected chi connectivity index (χ1v) is 35.3. The fraction of sp³-hybridized carbons (Fsp3) is 0.800. The lowest BCUT2D eigenvalue weighted by atomic mass is 10.0. The maximum absolute atomic E-state index is 13.6. The molecule has 0 saturated heterocycles. The molecule has 10 heteroatoms. The summed E-state index contributed by atoms with van der Waals surface area (Å²) >= 11 is 0. The van der Waals surface area contributed by atoms with Crippen LogP contribution in [0.4, 0.5) is 0 Å². The number of nitrogens with one attached hydrogen (secondary N) is 1. The van der Waals surface area contributed by atoms with Gasteiger partial charge in [-0.3, -0.25) is 18.6 Å². The first-order valence-electron chi connectivity index (χ1n) is 33.8. The second kappa shape index (κ2) is 59.6. The molecule has 0 saturated carbocycles. The molecule has 3 atom stereocenters. The minimum Gasteiger partial charge on any atom is -0.456 e. The van der Waals surface area contributed by atoms with Gasteiger partial charge in [-0.05, 0) is 102 Å². The van der Waals surface area contributed by atoms with Crippen molar-refractivity contribution in [3.8, 4) is 0 Å². The molecule has 0 aliphatic heterocycles. The fourth-order valence-electron chi connectivity index (χ4n) is 9.63. The van der Waals surface area contributed by atoms with E-state index in [-0.39, 0.29) is 31.5 Å². The van der Waals surface area contributed by atoms with Crippen LogP contribution in [-0.2, 0) is 27.9 Å². The van der Waals surface area contributed by atoms with Gasteiger partial charge in [-0.25, -0.2) is 4.57 Å². The van der Waals surface area contributed by atoms with Crippen molar-refractivity contribution in [1.82, 2.24) is 5.32 Å². The van der Waals surface area contributed by atoms with Crippen molar-refractivity contribution < 1.29 is 37.3 Å². The van der Waals surface area contributed by atoms with E-state index in [2.05, 4.69) is 86.8 Å². The second-order valence-electron chi connectivity index (χ2n) is 24.0. The molecule has 9 nitrogen and oxygen atoms in total. The molecule has 0 aromatic heterocycles. The summed E-state index contributed by atoms with van der Waals surface area (Å²) in [4.78, 5) is 37.8. The highest BCUT2D eigenvalue weighted by Gasteiger charge is 2.30. The molecule has 80 heavy (non-hydrogen) atoms. The van der Waals surface area contributed by atoms with Crippen LogP contribution in [0.1, 0.15) is 310 Å².